The van der Waals surface area contributed by atoms with E-state index in [1.807, 2.05) is 6.07 Å². The van der Waals surface area contributed by atoms with E-state index in [2.05, 4.69) is 5.32 Å². The predicted octanol–water partition coefficient (Wildman–Crippen LogP) is 3.82. The van der Waals surface area contributed by atoms with E-state index in [0.717, 1.165) is 0 Å². The molecule has 0 aliphatic rings. The van der Waals surface area contributed by atoms with Gasteiger partial charge in [-0.15, -0.1) is 0 Å². The number of carbonyl (C=O) groups excluding carboxylic acids is 2. The van der Waals surface area contributed by atoms with Gasteiger partial charge in [0.05, 0.1) is 17.3 Å². The van der Waals surface area contributed by atoms with E-state index in [4.69, 9.17) is 14.7 Å². The molecule has 2 aromatic carbocycles. The maximum absolute atomic E-state index is 12.6. The highest BCUT2D eigenvalue weighted by Gasteiger charge is 2.18. The maximum Gasteiger partial charge on any atom is 0.347 e. The molecule has 146 valence electrons. The number of nitrogens with one attached hydrogen (secondary N) is 1. The van der Waals surface area contributed by atoms with Crippen molar-refractivity contribution in [1.82, 2.24) is 0 Å². The molecule has 0 saturated heterocycles. The Balaban J connectivity index is 1.85. The number of nitrogens with zero attached hydrogens (tertiary/aromatic N) is 1. The molecule has 1 N–H and O–H groups in total. The normalized spacial score (nSPS) is 11.4. The molecule has 9 heteroatoms. The van der Waals surface area contributed by atoms with Crippen LogP contribution in [0, 0.1) is 11.3 Å². The molecule has 0 saturated carbocycles. The molecule has 0 aromatic heterocycles. The second-order valence-electron chi connectivity index (χ2n) is 5.43. The monoisotopic (exact) mass is 406 g/mol. The number of alkyl halides is 2. The number of thioether (sulfide) groups is 1. The van der Waals surface area contributed by atoms with Gasteiger partial charge in [-0.1, -0.05) is 23.9 Å². The van der Waals surface area contributed by atoms with Crippen LogP contribution >= 0.6 is 11.8 Å². The number of halogens is 2. The lowest BCUT2D eigenvalue weighted by molar-refractivity contribution is -0.153. The van der Waals surface area contributed by atoms with Crippen LogP contribution in [0.1, 0.15) is 12.5 Å². The lowest BCUT2D eigenvalue weighted by Gasteiger charge is -2.14. The summed E-state index contributed by atoms with van der Waals surface area (Å²) in [5.41, 5.74) is 0.653. The van der Waals surface area contributed by atoms with Gasteiger partial charge in [0.15, 0.2) is 12.7 Å². The zero-order chi connectivity index (χ0) is 20.5. The molecule has 1 atom stereocenters. The lowest BCUT2D eigenvalue weighted by atomic mass is 10.2. The number of nitriles is 1. The minimum absolute atomic E-state index is 0.203. The average molecular weight is 406 g/mol. The van der Waals surface area contributed by atoms with Crippen LogP contribution in [0.3, 0.4) is 0 Å². The number of hydrogen-bond donors (Lipinski definition) is 1. The third-order valence-electron chi connectivity index (χ3n) is 3.35. The molecular formula is C19H16F2N2O4S. The van der Waals surface area contributed by atoms with Crippen molar-refractivity contribution in [3.63, 3.8) is 0 Å². The molecule has 2 aromatic rings. The van der Waals surface area contributed by atoms with Gasteiger partial charge in [-0.2, -0.15) is 14.0 Å². The third-order valence-corrected chi connectivity index (χ3v) is 4.14. The van der Waals surface area contributed by atoms with Crippen molar-refractivity contribution in [3.05, 3.63) is 54.1 Å². The Labute approximate surface area is 164 Å². The Bertz CT molecular complexity index is 869. The van der Waals surface area contributed by atoms with Crippen molar-refractivity contribution in [1.29, 1.82) is 5.26 Å². The standard InChI is InChI=1S/C19H16F2N2O4S/c1-12(27-14-8-6-13(10-22)7-9-14)18(25)26-11-17(24)23-15-4-2-3-5-16(15)28-19(20)21/h2-9,12,19H,11H2,1H3,(H,23,24). The van der Waals surface area contributed by atoms with Crippen LogP contribution in [0.4, 0.5) is 14.5 Å². The summed E-state index contributed by atoms with van der Waals surface area (Å²) in [6.07, 6.45) is -0.984. The first-order valence-corrected chi connectivity index (χ1v) is 8.94. The van der Waals surface area contributed by atoms with Gasteiger partial charge < -0.3 is 14.8 Å². The summed E-state index contributed by atoms with van der Waals surface area (Å²) in [6.45, 7) is 0.862. The fourth-order valence-electron chi connectivity index (χ4n) is 2.07. The SMILES string of the molecule is CC(Oc1ccc(C#N)cc1)C(=O)OCC(=O)Nc1ccccc1SC(F)F. The molecule has 0 bridgehead atoms. The molecule has 6 nitrogen and oxygen atoms in total. The maximum atomic E-state index is 12.6. The number of hydrogen-bond acceptors (Lipinski definition) is 6. The van der Waals surface area contributed by atoms with E-state index in [1.54, 1.807) is 12.1 Å². The van der Waals surface area contributed by atoms with Gasteiger partial charge in [0, 0.05) is 4.90 Å². The molecule has 0 fully saturated rings. The smallest absolute Gasteiger partial charge is 0.347 e. The van der Waals surface area contributed by atoms with Crippen molar-refractivity contribution in [3.8, 4) is 11.8 Å². The zero-order valence-corrected chi connectivity index (χ0v) is 15.5. The minimum Gasteiger partial charge on any atom is -0.479 e. The van der Waals surface area contributed by atoms with E-state index >= 15 is 0 Å². The Morgan fingerprint density at radius 3 is 2.50 bits per heavy atom. The summed E-state index contributed by atoms with van der Waals surface area (Å²) in [7, 11) is 0. The molecule has 0 spiro atoms. The lowest BCUT2D eigenvalue weighted by Crippen LogP contribution is -2.29. The number of para-hydroxylation sites is 1. The highest BCUT2D eigenvalue weighted by molar-refractivity contribution is 7.99. The van der Waals surface area contributed by atoms with Crippen LogP contribution in [0.15, 0.2) is 53.4 Å². The summed E-state index contributed by atoms with van der Waals surface area (Å²) in [4.78, 5) is 24.1. The Morgan fingerprint density at radius 2 is 1.86 bits per heavy atom. The molecule has 1 amide bonds. The minimum atomic E-state index is -2.63. The summed E-state index contributed by atoms with van der Waals surface area (Å²) in [5.74, 6) is -3.70. The first-order valence-electron chi connectivity index (χ1n) is 8.06. The highest BCUT2D eigenvalue weighted by Crippen LogP contribution is 2.31. The van der Waals surface area contributed by atoms with Gasteiger partial charge >= 0.3 is 5.97 Å². The van der Waals surface area contributed by atoms with Crippen LogP contribution in [0.25, 0.3) is 0 Å². The van der Waals surface area contributed by atoms with Gasteiger partial charge in [0.25, 0.3) is 11.7 Å². The van der Waals surface area contributed by atoms with Crippen molar-refractivity contribution >= 4 is 29.3 Å². The number of benzene rings is 2. The molecular weight excluding hydrogens is 390 g/mol. The van der Waals surface area contributed by atoms with Crippen molar-refractivity contribution in [2.45, 2.75) is 23.7 Å². The average Bonchev–Trinajstić information content (AvgIpc) is 2.67. The van der Waals surface area contributed by atoms with Crippen LogP contribution in [-0.4, -0.2) is 30.3 Å². The first-order chi connectivity index (χ1) is 13.4. The molecule has 0 heterocycles. The van der Waals surface area contributed by atoms with E-state index in [1.165, 1.54) is 43.3 Å². The van der Waals surface area contributed by atoms with Crippen LogP contribution in [-0.2, 0) is 14.3 Å². The summed E-state index contributed by atoms with van der Waals surface area (Å²) >= 11 is 0.304. The van der Waals surface area contributed by atoms with Crippen molar-refractivity contribution in [2.75, 3.05) is 11.9 Å². The number of amides is 1. The predicted molar refractivity (Wildman–Crippen MR) is 99.1 cm³/mol. The van der Waals surface area contributed by atoms with Crippen molar-refractivity contribution < 1.29 is 27.8 Å². The number of rotatable bonds is 8. The van der Waals surface area contributed by atoms with Crippen LogP contribution < -0.4 is 10.1 Å². The van der Waals surface area contributed by atoms with Crippen molar-refractivity contribution in [2.24, 2.45) is 0 Å². The molecule has 28 heavy (non-hydrogen) atoms. The van der Waals surface area contributed by atoms with Gasteiger partial charge in [-0.05, 0) is 43.3 Å². The fourth-order valence-corrected chi connectivity index (χ4v) is 2.66. The summed E-state index contributed by atoms with van der Waals surface area (Å²) < 4.78 is 35.4. The fraction of sp³-hybridized carbons (Fsp3) is 0.211. The number of esters is 1. The van der Waals surface area contributed by atoms with Gasteiger partial charge in [0.2, 0.25) is 0 Å². The molecule has 0 radical (unpaired) electrons. The van der Waals surface area contributed by atoms with E-state index < -0.39 is 30.3 Å². The second-order valence-corrected chi connectivity index (χ2v) is 6.46. The summed E-state index contributed by atoms with van der Waals surface area (Å²) in [6, 6.07) is 14.2. The van der Waals surface area contributed by atoms with E-state index in [-0.39, 0.29) is 10.6 Å². The number of carbonyl (C=O) groups is 2. The number of ether oxygens (including phenoxy) is 2. The zero-order valence-electron chi connectivity index (χ0n) is 14.7. The topological polar surface area (TPSA) is 88.4 Å². The molecule has 0 aliphatic heterocycles. The third kappa shape index (κ3) is 6.55. The van der Waals surface area contributed by atoms with Gasteiger partial charge in [-0.25, -0.2) is 4.79 Å². The first kappa shape index (κ1) is 21.2. The Hall–Kier alpha value is -3.12. The van der Waals surface area contributed by atoms with Crippen LogP contribution in [0.2, 0.25) is 0 Å². The second kappa shape index (κ2) is 10.3. The van der Waals surface area contributed by atoms with Gasteiger partial charge in [-0.3, -0.25) is 4.79 Å². The highest BCUT2D eigenvalue weighted by atomic mass is 32.2. The molecule has 0 aliphatic carbocycles. The molecule has 2 rings (SSSR count). The quantitative estimate of drug-likeness (QED) is 0.530. The van der Waals surface area contributed by atoms with Crippen LogP contribution in [0.5, 0.6) is 5.75 Å². The summed E-state index contributed by atoms with van der Waals surface area (Å²) in [5, 5.41) is 11.2. The Morgan fingerprint density at radius 1 is 1.18 bits per heavy atom. The Kier molecular flexibility index (Phi) is 7.77. The van der Waals surface area contributed by atoms with E-state index in [0.29, 0.717) is 23.1 Å². The van der Waals surface area contributed by atoms with E-state index in [9.17, 15) is 18.4 Å². The molecule has 1 unspecified atom stereocenters. The number of anilines is 1. The van der Waals surface area contributed by atoms with Gasteiger partial charge in [0.1, 0.15) is 5.75 Å². The largest absolute Gasteiger partial charge is 0.479 e.